The molecule has 2 rings (SSSR count). The highest BCUT2D eigenvalue weighted by atomic mass is 32.2. The van der Waals surface area contributed by atoms with E-state index in [4.69, 9.17) is 9.47 Å². The lowest BCUT2D eigenvalue weighted by atomic mass is 10.2. The zero-order valence-corrected chi connectivity index (χ0v) is 13.5. The number of amides is 1. The molecule has 1 N–H and O–H groups in total. The van der Waals surface area contributed by atoms with Crippen LogP contribution in [-0.4, -0.2) is 59.2 Å². The molecule has 0 saturated carbocycles. The van der Waals surface area contributed by atoms with E-state index in [1.807, 2.05) is 0 Å². The molecule has 1 fully saturated rings. The van der Waals surface area contributed by atoms with Crippen LogP contribution in [0.5, 0.6) is 5.75 Å². The molecule has 1 saturated heterocycles. The van der Waals surface area contributed by atoms with Gasteiger partial charge in [0.25, 0.3) is 0 Å². The Labute approximate surface area is 130 Å². The van der Waals surface area contributed by atoms with E-state index in [1.54, 1.807) is 24.0 Å². The van der Waals surface area contributed by atoms with E-state index in [0.717, 1.165) is 5.56 Å². The number of nitrogens with one attached hydrogen (secondary N) is 1. The second-order valence-corrected chi connectivity index (χ2v) is 6.71. The maximum Gasteiger partial charge on any atom is 0.244 e. The maximum atomic E-state index is 12.4. The first-order chi connectivity index (χ1) is 10.4. The highest BCUT2D eigenvalue weighted by Crippen LogP contribution is 2.24. The molecule has 1 amide bonds. The lowest BCUT2D eigenvalue weighted by Crippen LogP contribution is -2.45. The summed E-state index contributed by atoms with van der Waals surface area (Å²) in [6, 6.07) is 4.87. The summed E-state index contributed by atoms with van der Waals surface area (Å²) in [5, 5.41) is 0. The third-order valence-corrected chi connectivity index (χ3v) is 4.81. The minimum atomic E-state index is -3.81. The average Bonchev–Trinajstić information content (AvgIpc) is 2.53. The zero-order valence-electron chi connectivity index (χ0n) is 12.7. The van der Waals surface area contributed by atoms with Crippen molar-refractivity contribution < 1.29 is 22.7 Å². The minimum Gasteiger partial charge on any atom is -0.495 e. The van der Waals surface area contributed by atoms with Crippen molar-refractivity contribution in [1.82, 2.24) is 9.62 Å². The molecule has 1 aliphatic heterocycles. The van der Waals surface area contributed by atoms with Crippen LogP contribution in [0.4, 0.5) is 0 Å². The number of benzene rings is 1. The second kappa shape index (κ2) is 7.08. The third kappa shape index (κ3) is 3.96. The standard InChI is InChI=1S/C14H20N2O5S/c1-11-3-4-12(20-2)13(9-11)22(18,19)15-10-14(17)16-5-7-21-8-6-16/h3-4,9,15H,5-8,10H2,1-2H3. The Hall–Kier alpha value is -1.64. The van der Waals surface area contributed by atoms with Gasteiger partial charge in [-0.25, -0.2) is 13.1 Å². The van der Waals surface area contributed by atoms with Gasteiger partial charge in [0, 0.05) is 13.1 Å². The molecule has 0 aromatic heterocycles. The number of ether oxygens (including phenoxy) is 2. The van der Waals surface area contributed by atoms with Crippen LogP contribution in [0.25, 0.3) is 0 Å². The number of carbonyl (C=O) groups is 1. The first-order valence-corrected chi connectivity index (χ1v) is 8.42. The number of sulfonamides is 1. The number of morpholine rings is 1. The van der Waals surface area contributed by atoms with Crippen LogP contribution in [-0.2, 0) is 19.6 Å². The van der Waals surface area contributed by atoms with Crippen molar-refractivity contribution in [2.45, 2.75) is 11.8 Å². The summed E-state index contributed by atoms with van der Waals surface area (Å²) in [6.45, 7) is 3.42. The quantitative estimate of drug-likeness (QED) is 0.831. The van der Waals surface area contributed by atoms with E-state index in [2.05, 4.69) is 4.72 Å². The van der Waals surface area contributed by atoms with Gasteiger partial charge in [-0.3, -0.25) is 4.79 Å². The Kier molecular flexibility index (Phi) is 5.38. The van der Waals surface area contributed by atoms with E-state index in [-0.39, 0.29) is 23.1 Å². The summed E-state index contributed by atoms with van der Waals surface area (Å²) in [6.07, 6.45) is 0. The number of carbonyl (C=O) groups excluding carboxylic acids is 1. The van der Waals surface area contributed by atoms with Gasteiger partial charge >= 0.3 is 0 Å². The van der Waals surface area contributed by atoms with Crippen molar-refractivity contribution in [1.29, 1.82) is 0 Å². The van der Waals surface area contributed by atoms with Gasteiger partial charge in [0.05, 0.1) is 26.9 Å². The van der Waals surface area contributed by atoms with Gasteiger partial charge < -0.3 is 14.4 Å². The number of aryl methyl sites for hydroxylation is 1. The van der Waals surface area contributed by atoms with Crippen LogP contribution >= 0.6 is 0 Å². The molecule has 1 aromatic rings. The molecule has 8 heteroatoms. The van der Waals surface area contributed by atoms with Crippen LogP contribution in [0.2, 0.25) is 0 Å². The molecule has 0 aliphatic carbocycles. The first kappa shape index (κ1) is 16.7. The number of nitrogens with zero attached hydrogens (tertiary/aromatic N) is 1. The van der Waals surface area contributed by atoms with Crippen molar-refractivity contribution >= 4 is 15.9 Å². The molecular formula is C14H20N2O5S. The number of hydrogen-bond donors (Lipinski definition) is 1. The molecule has 7 nitrogen and oxygen atoms in total. The Morgan fingerprint density at radius 2 is 2.05 bits per heavy atom. The smallest absolute Gasteiger partial charge is 0.244 e. The van der Waals surface area contributed by atoms with E-state index in [1.165, 1.54) is 13.2 Å². The monoisotopic (exact) mass is 328 g/mol. The maximum absolute atomic E-state index is 12.4. The largest absolute Gasteiger partial charge is 0.495 e. The Balaban J connectivity index is 2.08. The lowest BCUT2D eigenvalue weighted by Gasteiger charge is -2.26. The molecule has 0 bridgehead atoms. The molecule has 22 heavy (non-hydrogen) atoms. The van der Waals surface area contributed by atoms with Crippen LogP contribution in [0.3, 0.4) is 0 Å². The average molecular weight is 328 g/mol. The molecule has 1 aliphatic rings. The molecule has 122 valence electrons. The summed E-state index contributed by atoms with van der Waals surface area (Å²) in [5.74, 6) is -0.0181. The number of hydrogen-bond acceptors (Lipinski definition) is 5. The van der Waals surface area contributed by atoms with Crippen molar-refractivity contribution in [3.8, 4) is 5.75 Å². The van der Waals surface area contributed by atoms with Gasteiger partial charge in [0.1, 0.15) is 10.6 Å². The predicted molar refractivity (Wildman–Crippen MR) is 80.3 cm³/mol. The summed E-state index contributed by atoms with van der Waals surface area (Å²) in [7, 11) is -2.41. The van der Waals surface area contributed by atoms with E-state index < -0.39 is 10.0 Å². The highest BCUT2D eigenvalue weighted by molar-refractivity contribution is 7.89. The van der Waals surface area contributed by atoms with Gasteiger partial charge in [-0.1, -0.05) is 6.07 Å². The molecule has 0 radical (unpaired) electrons. The molecule has 1 heterocycles. The van der Waals surface area contributed by atoms with Crippen LogP contribution < -0.4 is 9.46 Å². The van der Waals surface area contributed by atoms with Gasteiger partial charge in [-0.05, 0) is 24.6 Å². The lowest BCUT2D eigenvalue weighted by molar-refractivity contribution is -0.133. The van der Waals surface area contributed by atoms with Crippen molar-refractivity contribution in [2.24, 2.45) is 0 Å². The number of methoxy groups -OCH3 is 1. The minimum absolute atomic E-state index is 0.0322. The summed E-state index contributed by atoms with van der Waals surface area (Å²) in [5.41, 5.74) is 0.792. The Morgan fingerprint density at radius 1 is 1.36 bits per heavy atom. The highest BCUT2D eigenvalue weighted by Gasteiger charge is 2.23. The summed E-state index contributed by atoms with van der Waals surface area (Å²) >= 11 is 0. The Bertz CT molecular complexity index is 639. The third-order valence-electron chi connectivity index (χ3n) is 3.39. The van der Waals surface area contributed by atoms with Gasteiger partial charge in [0.2, 0.25) is 15.9 Å². The fourth-order valence-electron chi connectivity index (χ4n) is 2.15. The van der Waals surface area contributed by atoms with Gasteiger partial charge in [-0.2, -0.15) is 0 Å². The van der Waals surface area contributed by atoms with E-state index in [0.29, 0.717) is 26.3 Å². The van der Waals surface area contributed by atoms with Gasteiger partial charge in [0.15, 0.2) is 0 Å². The van der Waals surface area contributed by atoms with Crippen LogP contribution in [0.15, 0.2) is 23.1 Å². The molecule has 0 spiro atoms. The van der Waals surface area contributed by atoms with Crippen LogP contribution in [0, 0.1) is 6.92 Å². The zero-order chi connectivity index (χ0) is 16.2. The van der Waals surface area contributed by atoms with Crippen molar-refractivity contribution in [3.63, 3.8) is 0 Å². The number of rotatable bonds is 5. The van der Waals surface area contributed by atoms with Crippen molar-refractivity contribution in [2.75, 3.05) is 40.0 Å². The van der Waals surface area contributed by atoms with E-state index >= 15 is 0 Å². The first-order valence-electron chi connectivity index (χ1n) is 6.94. The fourth-order valence-corrected chi connectivity index (χ4v) is 3.38. The fraction of sp³-hybridized carbons (Fsp3) is 0.500. The topological polar surface area (TPSA) is 84.9 Å². The summed E-state index contributed by atoms with van der Waals surface area (Å²) in [4.78, 5) is 13.6. The van der Waals surface area contributed by atoms with Crippen LogP contribution in [0.1, 0.15) is 5.56 Å². The molecule has 0 unspecified atom stereocenters. The molecular weight excluding hydrogens is 308 g/mol. The van der Waals surface area contributed by atoms with Crippen molar-refractivity contribution in [3.05, 3.63) is 23.8 Å². The molecule has 1 aromatic carbocycles. The predicted octanol–water partition coefficient (Wildman–Crippen LogP) is 0.141. The van der Waals surface area contributed by atoms with Gasteiger partial charge in [-0.15, -0.1) is 0 Å². The molecule has 0 atom stereocenters. The second-order valence-electron chi connectivity index (χ2n) is 4.97. The van der Waals surface area contributed by atoms with E-state index in [9.17, 15) is 13.2 Å². The SMILES string of the molecule is COc1ccc(C)cc1S(=O)(=O)NCC(=O)N1CCOCC1. The normalized spacial score (nSPS) is 15.6. The Morgan fingerprint density at radius 3 is 2.68 bits per heavy atom. The summed E-state index contributed by atoms with van der Waals surface area (Å²) < 4.78 is 37.3.